The van der Waals surface area contributed by atoms with Gasteiger partial charge in [-0.25, -0.2) is 0 Å². The lowest BCUT2D eigenvalue weighted by molar-refractivity contribution is 0.249. The van der Waals surface area contributed by atoms with Crippen LogP contribution in [0, 0.1) is 0 Å². The molecule has 0 unspecified atom stereocenters. The molecular formula is C12H16BrNS. The smallest absolute Gasteiger partial charge is 0.0179 e. The fourth-order valence-electron chi connectivity index (χ4n) is 2.28. The molecular weight excluding hydrogens is 270 g/mol. The molecule has 82 valence electrons. The average Bonchev–Trinajstić information content (AvgIpc) is 2.17. The van der Waals surface area contributed by atoms with Gasteiger partial charge in [0.25, 0.3) is 0 Å². The van der Waals surface area contributed by atoms with Crippen LogP contribution in [0.4, 0.5) is 0 Å². The third-order valence-electron chi connectivity index (χ3n) is 3.43. The normalized spacial score (nSPS) is 18.6. The second kappa shape index (κ2) is 4.48. The number of rotatable bonds is 3. The lowest BCUT2D eigenvalue weighted by atomic mass is 9.64. The van der Waals surface area contributed by atoms with Gasteiger partial charge in [-0.15, -0.1) is 11.8 Å². The van der Waals surface area contributed by atoms with Gasteiger partial charge in [-0.2, -0.15) is 0 Å². The zero-order valence-electron chi connectivity index (χ0n) is 8.92. The minimum atomic E-state index is 0.266. The molecule has 1 aliphatic rings. The number of benzene rings is 1. The van der Waals surface area contributed by atoms with Gasteiger partial charge in [-0.3, -0.25) is 0 Å². The Bertz CT molecular complexity index is 355. The van der Waals surface area contributed by atoms with Crippen LogP contribution in [0.5, 0.6) is 0 Å². The third-order valence-corrected chi connectivity index (χ3v) is 4.72. The number of halogens is 1. The zero-order chi connectivity index (χ0) is 10.9. The Hall–Kier alpha value is 0.01000. The van der Waals surface area contributed by atoms with Crippen LogP contribution in [-0.4, -0.2) is 12.8 Å². The van der Waals surface area contributed by atoms with E-state index in [1.165, 1.54) is 29.7 Å². The van der Waals surface area contributed by atoms with Crippen LogP contribution < -0.4 is 5.73 Å². The molecule has 0 amide bonds. The summed E-state index contributed by atoms with van der Waals surface area (Å²) < 4.78 is 1.16. The first-order valence-corrected chi connectivity index (χ1v) is 7.28. The lowest BCUT2D eigenvalue weighted by Crippen LogP contribution is -2.41. The summed E-state index contributed by atoms with van der Waals surface area (Å²) in [5.41, 5.74) is 7.66. The maximum Gasteiger partial charge on any atom is 0.0179 e. The molecule has 3 heteroatoms. The van der Waals surface area contributed by atoms with E-state index in [-0.39, 0.29) is 5.41 Å². The Morgan fingerprint density at radius 1 is 1.47 bits per heavy atom. The van der Waals surface area contributed by atoms with Crippen LogP contribution in [0.3, 0.4) is 0 Å². The molecule has 0 aliphatic heterocycles. The van der Waals surface area contributed by atoms with E-state index in [1.54, 1.807) is 0 Å². The molecule has 1 nitrogen and oxygen atoms in total. The van der Waals surface area contributed by atoms with Crippen molar-refractivity contribution in [1.82, 2.24) is 0 Å². The fraction of sp³-hybridized carbons (Fsp3) is 0.500. The number of thioether (sulfide) groups is 1. The maximum absolute atomic E-state index is 5.95. The Labute approximate surface area is 104 Å². The predicted octanol–water partition coefficient (Wildman–Crippen LogP) is 3.55. The molecule has 0 saturated heterocycles. The van der Waals surface area contributed by atoms with Crippen LogP contribution in [0.2, 0.25) is 0 Å². The van der Waals surface area contributed by atoms with E-state index in [2.05, 4.69) is 40.4 Å². The molecule has 1 aliphatic carbocycles. The van der Waals surface area contributed by atoms with Crippen LogP contribution in [-0.2, 0) is 5.41 Å². The van der Waals surface area contributed by atoms with Gasteiger partial charge in [0.05, 0.1) is 0 Å². The molecule has 1 aromatic rings. The Morgan fingerprint density at radius 2 is 2.20 bits per heavy atom. The number of hydrogen-bond acceptors (Lipinski definition) is 2. The first-order chi connectivity index (χ1) is 7.22. The monoisotopic (exact) mass is 285 g/mol. The van der Waals surface area contributed by atoms with Crippen molar-refractivity contribution in [2.75, 3.05) is 12.8 Å². The first kappa shape index (κ1) is 11.5. The molecule has 2 rings (SSSR count). The highest BCUT2D eigenvalue weighted by atomic mass is 79.9. The van der Waals surface area contributed by atoms with Crippen molar-refractivity contribution in [1.29, 1.82) is 0 Å². The van der Waals surface area contributed by atoms with E-state index >= 15 is 0 Å². The standard InChI is InChI=1S/C12H16BrNS/c1-15-11-4-3-9(13)7-10(11)12(8-14)5-2-6-12/h3-4,7H,2,5-6,8,14H2,1H3. The van der Waals surface area contributed by atoms with Crippen LogP contribution in [0.1, 0.15) is 24.8 Å². The Balaban J connectivity index is 2.44. The molecule has 0 spiro atoms. The number of hydrogen-bond donors (Lipinski definition) is 1. The summed E-state index contributed by atoms with van der Waals surface area (Å²) in [4.78, 5) is 1.38. The Kier molecular flexibility index (Phi) is 3.43. The predicted molar refractivity (Wildman–Crippen MR) is 70.5 cm³/mol. The zero-order valence-corrected chi connectivity index (χ0v) is 11.3. The van der Waals surface area contributed by atoms with Gasteiger partial charge < -0.3 is 5.73 Å². The van der Waals surface area contributed by atoms with Crippen molar-refractivity contribution in [3.63, 3.8) is 0 Å². The van der Waals surface area contributed by atoms with Gasteiger partial charge in [-0.05, 0) is 42.9 Å². The lowest BCUT2D eigenvalue weighted by Gasteiger charge is -2.42. The average molecular weight is 286 g/mol. The highest BCUT2D eigenvalue weighted by Crippen LogP contribution is 2.46. The summed E-state index contributed by atoms with van der Waals surface area (Å²) in [5.74, 6) is 0. The van der Waals surface area contributed by atoms with E-state index in [1.807, 2.05) is 11.8 Å². The summed E-state index contributed by atoms with van der Waals surface area (Å²) in [5, 5.41) is 0. The molecule has 0 heterocycles. The van der Waals surface area contributed by atoms with Gasteiger partial charge in [-0.1, -0.05) is 22.4 Å². The highest BCUT2D eigenvalue weighted by Gasteiger charge is 2.38. The van der Waals surface area contributed by atoms with Crippen molar-refractivity contribution >= 4 is 27.7 Å². The topological polar surface area (TPSA) is 26.0 Å². The van der Waals surface area contributed by atoms with Gasteiger partial charge in [0, 0.05) is 21.3 Å². The van der Waals surface area contributed by atoms with Gasteiger partial charge in [0.2, 0.25) is 0 Å². The van der Waals surface area contributed by atoms with E-state index < -0.39 is 0 Å². The molecule has 1 fully saturated rings. The van der Waals surface area contributed by atoms with Gasteiger partial charge in [0.1, 0.15) is 0 Å². The van der Waals surface area contributed by atoms with Crippen molar-refractivity contribution < 1.29 is 0 Å². The van der Waals surface area contributed by atoms with Gasteiger partial charge in [0.15, 0.2) is 0 Å². The largest absolute Gasteiger partial charge is 0.330 e. The highest BCUT2D eigenvalue weighted by molar-refractivity contribution is 9.10. The van der Waals surface area contributed by atoms with Crippen LogP contribution in [0.25, 0.3) is 0 Å². The molecule has 0 bridgehead atoms. The summed E-state index contributed by atoms with van der Waals surface area (Å²) in [6.45, 7) is 0.775. The fourth-order valence-corrected chi connectivity index (χ4v) is 3.34. The molecule has 2 N–H and O–H groups in total. The molecule has 15 heavy (non-hydrogen) atoms. The summed E-state index contributed by atoms with van der Waals surface area (Å²) in [6.07, 6.45) is 5.94. The van der Waals surface area contributed by atoms with E-state index in [9.17, 15) is 0 Å². The van der Waals surface area contributed by atoms with Crippen molar-refractivity contribution in [2.45, 2.75) is 29.6 Å². The third kappa shape index (κ3) is 1.97. The van der Waals surface area contributed by atoms with E-state index in [0.29, 0.717) is 0 Å². The van der Waals surface area contributed by atoms with E-state index in [4.69, 9.17) is 5.73 Å². The minimum Gasteiger partial charge on any atom is -0.330 e. The molecule has 0 atom stereocenters. The van der Waals surface area contributed by atoms with Crippen molar-refractivity contribution in [3.05, 3.63) is 28.2 Å². The minimum absolute atomic E-state index is 0.266. The summed E-state index contributed by atoms with van der Waals surface area (Å²) in [6, 6.07) is 6.55. The van der Waals surface area contributed by atoms with Crippen LogP contribution >= 0.6 is 27.7 Å². The first-order valence-electron chi connectivity index (χ1n) is 5.26. The molecule has 0 aromatic heterocycles. The summed E-state index contributed by atoms with van der Waals surface area (Å²) >= 11 is 5.37. The van der Waals surface area contributed by atoms with E-state index in [0.717, 1.165) is 11.0 Å². The van der Waals surface area contributed by atoms with Crippen molar-refractivity contribution in [3.8, 4) is 0 Å². The van der Waals surface area contributed by atoms with Crippen molar-refractivity contribution in [2.24, 2.45) is 5.73 Å². The molecule has 0 radical (unpaired) electrons. The van der Waals surface area contributed by atoms with Gasteiger partial charge >= 0.3 is 0 Å². The second-order valence-electron chi connectivity index (χ2n) is 4.18. The number of nitrogens with two attached hydrogens (primary N) is 1. The quantitative estimate of drug-likeness (QED) is 0.860. The molecule has 1 saturated carbocycles. The summed E-state index contributed by atoms with van der Waals surface area (Å²) in [7, 11) is 0. The maximum atomic E-state index is 5.95. The SMILES string of the molecule is CSc1ccc(Br)cc1C1(CN)CCC1. The Morgan fingerprint density at radius 3 is 2.67 bits per heavy atom. The molecule has 1 aromatic carbocycles. The van der Waals surface area contributed by atoms with Crippen LogP contribution in [0.15, 0.2) is 27.6 Å². The second-order valence-corrected chi connectivity index (χ2v) is 5.95.